The molecule has 2 heterocycles. The predicted octanol–water partition coefficient (Wildman–Crippen LogP) is 6.07. The van der Waals surface area contributed by atoms with Gasteiger partial charge in [-0.25, -0.2) is 9.78 Å². The molecular formula is C32H32N4O4. The maximum absolute atomic E-state index is 13.8. The lowest BCUT2D eigenvalue weighted by Gasteiger charge is -2.17. The van der Waals surface area contributed by atoms with E-state index in [-0.39, 0.29) is 17.4 Å². The molecule has 204 valence electrons. The molecule has 0 radical (unpaired) electrons. The zero-order valence-corrected chi connectivity index (χ0v) is 23.5. The fraction of sp³-hybridized carbons (Fsp3) is 0.250. The molecule has 0 fully saturated rings. The topological polar surface area (TPSA) is 87.7 Å². The van der Waals surface area contributed by atoms with Gasteiger partial charge in [0.05, 0.1) is 31.3 Å². The Morgan fingerprint density at radius 1 is 1.00 bits per heavy atom. The van der Waals surface area contributed by atoms with Crippen LogP contribution in [0, 0.1) is 6.92 Å². The highest BCUT2D eigenvalue weighted by molar-refractivity contribution is 6.00. The smallest absolute Gasteiger partial charge is 0.328 e. The maximum atomic E-state index is 13.8. The van der Waals surface area contributed by atoms with Gasteiger partial charge in [0.15, 0.2) is 5.82 Å². The fourth-order valence-electron chi connectivity index (χ4n) is 5.03. The summed E-state index contributed by atoms with van der Waals surface area (Å²) in [7, 11) is 3.03. The van der Waals surface area contributed by atoms with Crippen LogP contribution in [0.1, 0.15) is 49.4 Å². The third kappa shape index (κ3) is 4.66. The third-order valence-corrected chi connectivity index (χ3v) is 7.24. The van der Waals surface area contributed by atoms with E-state index in [2.05, 4.69) is 13.8 Å². The van der Waals surface area contributed by atoms with Gasteiger partial charge in [-0.1, -0.05) is 44.2 Å². The molecule has 0 saturated heterocycles. The molecule has 0 bridgehead atoms. The van der Waals surface area contributed by atoms with Crippen LogP contribution in [0.2, 0.25) is 0 Å². The van der Waals surface area contributed by atoms with Crippen LogP contribution in [0.3, 0.4) is 0 Å². The summed E-state index contributed by atoms with van der Waals surface area (Å²) in [5.41, 5.74) is 4.66. The second-order valence-corrected chi connectivity index (χ2v) is 10.1. The van der Waals surface area contributed by atoms with Gasteiger partial charge >= 0.3 is 5.97 Å². The van der Waals surface area contributed by atoms with E-state index in [0.29, 0.717) is 16.7 Å². The Bertz CT molecular complexity index is 1830. The van der Waals surface area contributed by atoms with Gasteiger partial charge in [0.2, 0.25) is 0 Å². The van der Waals surface area contributed by atoms with E-state index in [4.69, 9.17) is 19.6 Å². The van der Waals surface area contributed by atoms with E-state index in [1.807, 2.05) is 72.3 Å². The largest absolute Gasteiger partial charge is 0.496 e. The number of methoxy groups -OCH3 is 2. The molecule has 2 aromatic heterocycles. The van der Waals surface area contributed by atoms with Gasteiger partial charge in [0, 0.05) is 28.2 Å². The molecule has 0 unspecified atom stereocenters. The standard InChI is InChI=1S/C32H32N4O4/c1-19(2)25-16-26(20(3)15-29(25)39-5)30-34-27-13-9-7-12-24(27)31(37)36(30)33-17-22-18-35(21(4)32(38)40-6)28-14-10-8-11-23(22)28/h7-19,21H,1-6H3/t21-/m1/s1. The van der Waals surface area contributed by atoms with E-state index < -0.39 is 6.04 Å². The van der Waals surface area contributed by atoms with Gasteiger partial charge in [-0.3, -0.25) is 4.79 Å². The minimum absolute atomic E-state index is 0.196. The summed E-state index contributed by atoms with van der Waals surface area (Å²) < 4.78 is 13.8. The monoisotopic (exact) mass is 536 g/mol. The summed E-state index contributed by atoms with van der Waals surface area (Å²) in [6.45, 7) is 7.95. The summed E-state index contributed by atoms with van der Waals surface area (Å²) in [4.78, 5) is 31.1. The molecule has 5 aromatic rings. The summed E-state index contributed by atoms with van der Waals surface area (Å²) in [5, 5.41) is 6.07. The first-order chi connectivity index (χ1) is 19.2. The first kappa shape index (κ1) is 26.9. The quantitative estimate of drug-likeness (QED) is 0.186. The highest BCUT2D eigenvalue weighted by Gasteiger charge is 2.20. The van der Waals surface area contributed by atoms with Gasteiger partial charge in [-0.15, -0.1) is 0 Å². The third-order valence-electron chi connectivity index (χ3n) is 7.24. The molecule has 0 spiro atoms. The summed E-state index contributed by atoms with van der Waals surface area (Å²) in [6.07, 6.45) is 3.50. The van der Waals surface area contributed by atoms with E-state index in [9.17, 15) is 9.59 Å². The first-order valence-corrected chi connectivity index (χ1v) is 13.2. The zero-order chi connectivity index (χ0) is 28.6. The van der Waals surface area contributed by atoms with Crippen LogP contribution < -0.4 is 10.3 Å². The summed E-state index contributed by atoms with van der Waals surface area (Å²) >= 11 is 0. The highest BCUT2D eigenvalue weighted by Crippen LogP contribution is 2.34. The van der Waals surface area contributed by atoms with Gasteiger partial charge in [-0.05, 0) is 61.2 Å². The van der Waals surface area contributed by atoms with E-state index >= 15 is 0 Å². The molecule has 40 heavy (non-hydrogen) atoms. The second-order valence-electron chi connectivity index (χ2n) is 10.1. The van der Waals surface area contributed by atoms with Gasteiger partial charge < -0.3 is 14.0 Å². The Morgan fingerprint density at radius 3 is 2.40 bits per heavy atom. The number of aryl methyl sites for hydroxylation is 1. The van der Waals surface area contributed by atoms with Gasteiger partial charge in [-0.2, -0.15) is 9.78 Å². The number of aromatic nitrogens is 3. The van der Waals surface area contributed by atoms with Crippen molar-refractivity contribution in [2.45, 2.75) is 39.7 Å². The van der Waals surface area contributed by atoms with Crippen LogP contribution in [0.15, 0.2) is 76.8 Å². The van der Waals surface area contributed by atoms with E-state index in [1.54, 1.807) is 26.3 Å². The second kappa shape index (κ2) is 10.8. The average Bonchev–Trinajstić information content (AvgIpc) is 3.34. The lowest BCUT2D eigenvalue weighted by Crippen LogP contribution is -2.21. The Labute approximate surface area is 232 Å². The number of carbonyl (C=O) groups excluding carboxylic acids is 1. The van der Waals surface area contributed by atoms with E-state index in [1.165, 1.54) is 11.8 Å². The van der Waals surface area contributed by atoms with Gasteiger partial charge in [0.1, 0.15) is 11.8 Å². The van der Waals surface area contributed by atoms with Crippen molar-refractivity contribution >= 4 is 34.0 Å². The fourth-order valence-corrected chi connectivity index (χ4v) is 5.03. The first-order valence-electron chi connectivity index (χ1n) is 13.2. The molecule has 0 amide bonds. The average molecular weight is 537 g/mol. The minimum atomic E-state index is -0.533. The van der Waals surface area contributed by atoms with Crippen molar-refractivity contribution in [2.75, 3.05) is 14.2 Å². The van der Waals surface area contributed by atoms with Crippen molar-refractivity contribution in [1.29, 1.82) is 0 Å². The molecule has 0 saturated carbocycles. The summed E-state index contributed by atoms with van der Waals surface area (Å²) in [6, 6.07) is 18.5. The number of ether oxygens (including phenoxy) is 2. The maximum Gasteiger partial charge on any atom is 0.328 e. The SMILES string of the molecule is COC(=O)[C@@H](C)n1cc(C=Nn2c(-c3cc(C(C)C)c(OC)cc3C)nc3ccccc3c2=O)c2ccccc21. The van der Waals surface area contributed by atoms with Crippen molar-refractivity contribution < 1.29 is 14.3 Å². The van der Waals surface area contributed by atoms with Crippen molar-refractivity contribution in [3.63, 3.8) is 0 Å². The molecular weight excluding hydrogens is 504 g/mol. The highest BCUT2D eigenvalue weighted by atomic mass is 16.5. The molecule has 0 N–H and O–H groups in total. The number of nitrogens with zero attached hydrogens (tertiary/aromatic N) is 4. The van der Waals surface area contributed by atoms with Crippen molar-refractivity contribution in [2.24, 2.45) is 5.10 Å². The van der Waals surface area contributed by atoms with Crippen LogP contribution in [0.4, 0.5) is 0 Å². The molecule has 3 aromatic carbocycles. The molecule has 0 aliphatic rings. The molecule has 8 heteroatoms. The number of para-hydroxylation sites is 2. The molecule has 0 aliphatic heterocycles. The van der Waals surface area contributed by atoms with Crippen LogP contribution in [-0.4, -0.2) is 40.6 Å². The lowest BCUT2D eigenvalue weighted by molar-refractivity contribution is -0.143. The number of hydrogen-bond donors (Lipinski definition) is 0. The number of hydrogen-bond acceptors (Lipinski definition) is 6. The lowest BCUT2D eigenvalue weighted by atomic mass is 9.96. The van der Waals surface area contributed by atoms with Gasteiger partial charge in [0.25, 0.3) is 5.56 Å². The molecule has 8 nitrogen and oxygen atoms in total. The Kier molecular flexibility index (Phi) is 7.26. The number of rotatable bonds is 7. The van der Waals surface area contributed by atoms with Crippen molar-refractivity contribution in [3.8, 4) is 17.1 Å². The number of benzene rings is 3. The van der Waals surface area contributed by atoms with Crippen LogP contribution >= 0.6 is 0 Å². The van der Waals surface area contributed by atoms with Crippen molar-refractivity contribution in [3.05, 3.63) is 93.9 Å². The van der Waals surface area contributed by atoms with E-state index in [0.717, 1.165) is 38.9 Å². The zero-order valence-electron chi connectivity index (χ0n) is 23.5. The molecule has 1 atom stereocenters. The predicted molar refractivity (Wildman–Crippen MR) is 158 cm³/mol. The van der Waals surface area contributed by atoms with Crippen LogP contribution in [0.25, 0.3) is 33.2 Å². The van der Waals surface area contributed by atoms with Crippen LogP contribution in [0.5, 0.6) is 5.75 Å². The Morgan fingerprint density at radius 2 is 1.70 bits per heavy atom. The Hall–Kier alpha value is -4.72. The summed E-state index contributed by atoms with van der Waals surface area (Å²) in [5.74, 6) is 1.08. The minimum Gasteiger partial charge on any atom is -0.496 e. The molecule has 0 aliphatic carbocycles. The van der Waals surface area contributed by atoms with Crippen molar-refractivity contribution in [1.82, 2.24) is 14.2 Å². The molecule has 5 rings (SSSR count). The Balaban J connectivity index is 1.74. The number of fused-ring (bicyclic) bond motifs is 2. The number of carbonyl (C=O) groups is 1. The number of esters is 1. The normalized spacial score (nSPS) is 12.5. The van der Waals surface area contributed by atoms with Crippen LogP contribution in [-0.2, 0) is 9.53 Å².